The Bertz CT molecular complexity index is 1270. The molecule has 2 saturated heterocycles. The van der Waals surface area contributed by atoms with Gasteiger partial charge in [-0.05, 0) is 69.2 Å². The van der Waals surface area contributed by atoms with Crippen molar-refractivity contribution < 1.29 is 9.59 Å². The number of piperazine rings is 1. The third-order valence-corrected chi connectivity index (χ3v) is 8.19. The van der Waals surface area contributed by atoms with Gasteiger partial charge in [-0.15, -0.1) is 0 Å². The Hall–Kier alpha value is -3.28. The molecule has 1 aromatic heterocycles. The summed E-state index contributed by atoms with van der Waals surface area (Å²) in [5, 5.41) is 2.70. The van der Waals surface area contributed by atoms with Crippen LogP contribution in [0.4, 0.5) is 10.6 Å². The Kier molecular flexibility index (Phi) is 7.02. The number of fused-ring (bicyclic) bond motifs is 1. The molecular formula is C28H40N8O3. The van der Waals surface area contributed by atoms with E-state index < -0.39 is 11.2 Å². The molecule has 1 aliphatic carbocycles. The van der Waals surface area contributed by atoms with E-state index in [0.29, 0.717) is 49.6 Å². The number of nitrogens with one attached hydrogen (secondary N) is 1. The van der Waals surface area contributed by atoms with Gasteiger partial charge in [0.2, 0.25) is 5.91 Å². The zero-order chi connectivity index (χ0) is 28.1. The van der Waals surface area contributed by atoms with Crippen LogP contribution in [0.25, 0.3) is 5.69 Å². The molecule has 0 radical (unpaired) electrons. The zero-order valence-corrected chi connectivity index (χ0v) is 23.3. The monoisotopic (exact) mass is 536 g/mol. The maximum Gasteiger partial charge on any atom is 0.354 e. The molecule has 0 spiro atoms. The van der Waals surface area contributed by atoms with Gasteiger partial charge < -0.3 is 21.3 Å². The van der Waals surface area contributed by atoms with Crippen LogP contribution in [0, 0.1) is 17.8 Å². The summed E-state index contributed by atoms with van der Waals surface area (Å²) in [7, 11) is 0. The highest BCUT2D eigenvalue weighted by atomic mass is 16.2. The summed E-state index contributed by atoms with van der Waals surface area (Å²) in [4.78, 5) is 47.6. The number of nitrogens with zero attached hydrogens (tertiary/aromatic N) is 5. The molecule has 3 amide bonds. The van der Waals surface area contributed by atoms with Crippen molar-refractivity contribution in [1.82, 2.24) is 24.3 Å². The predicted molar refractivity (Wildman–Crippen MR) is 149 cm³/mol. The second kappa shape index (κ2) is 10.0. The number of nitrogens with two attached hydrogens (primary N) is 2. The number of hydrogen-bond acceptors (Lipinski definition) is 7. The van der Waals surface area contributed by atoms with Crippen LogP contribution in [0.15, 0.2) is 41.3 Å². The number of anilines is 1. The lowest BCUT2D eigenvalue weighted by Crippen LogP contribution is -2.58. The van der Waals surface area contributed by atoms with Gasteiger partial charge in [-0.3, -0.25) is 19.6 Å². The van der Waals surface area contributed by atoms with E-state index in [2.05, 4.69) is 29.0 Å². The summed E-state index contributed by atoms with van der Waals surface area (Å²) >= 11 is 0. The molecule has 39 heavy (non-hydrogen) atoms. The first-order chi connectivity index (χ1) is 18.3. The SMILES string of the molecule is CC(C)(N)C(=O)N1CCN(C(=O)Nc2ccn(-c3ccc(CN4C[C@@H]5C(C(C)(C)N)[C@@H]5C4)cc3)c(=O)n2)CC1. The van der Waals surface area contributed by atoms with Crippen molar-refractivity contribution in [3.05, 3.63) is 52.6 Å². The molecule has 3 heterocycles. The summed E-state index contributed by atoms with van der Waals surface area (Å²) in [5.41, 5.74) is 12.6. The third-order valence-electron chi connectivity index (χ3n) is 8.19. The fraction of sp³-hybridized carbons (Fsp3) is 0.571. The lowest BCUT2D eigenvalue weighted by molar-refractivity contribution is -0.137. The summed E-state index contributed by atoms with van der Waals surface area (Å²) in [6.07, 6.45) is 1.61. The molecule has 1 aromatic carbocycles. The second-order valence-corrected chi connectivity index (χ2v) is 12.4. The van der Waals surface area contributed by atoms with E-state index in [1.165, 1.54) is 10.1 Å². The number of piperidine rings is 1. The molecule has 5 N–H and O–H groups in total. The van der Waals surface area contributed by atoms with Crippen LogP contribution in [0.5, 0.6) is 0 Å². The van der Waals surface area contributed by atoms with Crippen LogP contribution in [0.3, 0.4) is 0 Å². The number of amides is 3. The quantitative estimate of drug-likeness (QED) is 0.501. The first-order valence-electron chi connectivity index (χ1n) is 13.7. The zero-order valence-electron chi connectivity index (χ0n) is 23.3. The van der Waals surface area contributed by atoms with Crippen LogP contribution < -0.4 is 22.5 Å². The molecule has 0 bridgehead atoms. The minimum absolute atomic E-state index is 0.0953. The summed E-state index contributed by atoms with van der Waals surface area (Å²) in [6, 6.07) is 9.18. The molecule has 1 unspecified atom stereocenters. The van der Waals surface area contributed by atoms with Crippen molar-refractivity contribution in [3.63, 3.8) is 0 Å². The smallest absolute Gasteiger partial charge is 0.338 e. The molecule has 3 atom stereocenters. The third kappa shape index (κ3) is 5.85. The van der Waals surface area contributed by atoms with Crippen molar-refractivity contribution in [2.45, 2.75) is 45.3 Å². The minimum atomic E-state index is -0.945. The van der Waals surface area contributed by atoms with Gasteiger partial charge >= 0.3 is 11.7 Å². The predicted octanol–water partition coefficient (Wildman–Crippen LogP) is 1.06. The standard InChI is InChI=1S/C28H40N8O3/c1-27(2,29)23-20-16-33(17-21(20)23)15-18-5-7-19(8-6-18)36-10-9-22(32-26(36)39)31-25(38)35-13-11-34(12-14-35)24(37)28(3,4)30/h5-10,20-21,23H,11-17,29-30H2,1-4H3,(H,31,32,38,39)/t20-,21+,23?. The summed E-state index contributed by atoms with van der Waals surface area (Å²) in [5.74, 6) is 2.10. The van der Waals surface area contributed by atoms with E-state index in [0.717, 1.165) is 19.6 Å². The molecule has 11 heteroatoms. The molecule has 210 valence electrons. The molecule has 5 rings (SSSR count). The van der Waals surface area contributed by atoms with Crippen molar-refractivity contribution in [2.24, 2.45) is 29.2 Å². The van der Waals surface area contributed by atoms with Gasteiger partial charge in [0.1, 0.15) is 5.82 Å². The van der Waals surface area contributed by atoms with Crippen LogP contribution >= 0.6 is 0 Å². The number of carbonyl (C=O) groups is 2. The average Bonchev–Trinajstić information content (AvgIpc) is 3.41. The summed E-state index contributed by atoms with van der Waals surface area (Å²) in [6.45, 7) is 12.2. The van der Waals surface area contributed by atoms with Gasteiger partial charge in [0.15, 0.2) is 0 Å². The molecular weight excluding hydrogens is 496 g/mol. The highest BCUT2D eigenvalue weighted by Crippen LogP contribution is 2.56. The first-order valence-corrected chi connectivity index (χ1v) is 13.7. The number of benzene rings is 1. The van der Waals surface area contributed by atoms with Crippen molar-refractivity contribution in [1.29, 1.82) is 0 Å². The maximum absolute atomic E-state index is 12.7. The lowest BCUT2D eigenvalue weighted by Gasteiger charge is -2.37. The maximum atomic E-state index is 12.7. The van der Waals surface area contributed by atoms with Crippen LogP contribution in [-0.4, -0.2) is 86.5 Å². The van der Waals surface area contributed by atoms with E-state index in [1.54, 1.807) is 35.9 Å². The number of carbonyl (C=O) groups excluding carboxylic acids is 2. The molecule has 1 saturated carbocycles. The molecule has 11 nitrogen and oxygen atoms in total. The van der Waals surface area contributed by atoms with Gasteiger partial charge in [-0.25, -0.2) is 9.59 Å². The van der Waals surface area contributed by atoms with E-state index in [-0.39, 0.29) is 23.3 Å². The van der Waals surface area contributed by atoms with Gasteiger partial charge in [0, 0.05) is 57.5 Å². The van der Waals surface area contributed by atoms with Crippen molar-refractivity contribution >= 4 is 17.8 Å². The normalized spacial score (nSPS) is 23.5. The van der Waals surface area contributed by atoms with Gasteiger partial charge in [0.05, 0.1) is 11.2 Å². The van der Waals surface area contributed by atoms with E-state index in [1.807, 2.05) is 24.3 Å². The van der Waals surface area contributed by atoms with Gasteiger partial charge in [-0.1, -0.05) is 12.1 Å². The number of aromatic nitrogens is 2. The van der Waals surface area contributed by atoms with Crippen LogP contribution in [0.1, 0.15) is 33.3 Å². The fourth-order valence-corrected chi connectivity index (χ4v) is 6.24. The van der Waals surface area contributed by atoms with Gasteiger partial charge in [0.25, 0.3) is 0 Å². The van der Waals surface area contributed by atoms with E-state index >= 15 is 0 Å². The highest BCUT2D eigenvalue weighted by Gasteiger charge is 2.60. The molecule has 2 aliphatic heterocycles. The minimum Gasteiger partial charge on any atom is -0.338 e. The van der Waals surface area contributed by atoms with Gasteiger partial charge in [-0.2, -0.15) is 4.98 Å². The Morgan fingerprint density at radius 3 is 2.08 bits per heavy atom. The van der Waals surface area contributed by atoms with E-state index in [4.69, 9.17) is 11.5 Å². The topological polar surface area (TPSA) is 143 Å². The molecule has 2 aromatic rings. The van der Waals surface area contributed by atoms with Crippen LogP contribution in [-0.2, 0) is 11.3 Å². The Morgan fingerprint density at radius 1 is 0.949 bits per heavy atom. The number of hydrogen-bond donors (Lipinski definition) is 3. The number of likely N-dealkylation sites (tertiary alicyclic amines) is 1. The largest absolute Gasteiger partial charge is 0.354 e. The number of urea groups is 1. The Morgan fingerprint density at radius 2 is 1.54 bits per heavy atom. The van der Waals surface area contributed by atoms with E-state index in [9.17, 15) is 14.4 Å². The van der Waals surface area contributed by atoms with Crippen molar-refractivity contribution in [2.75, 3.05) is 44.6 Å². The van der Waals surface area contributed by atoms with Crippen LogP contribution in [0.2, 0.25) is 0 Å². The Balaban J connectivity index is 1.13. The second-order valence-electron chi connectivity index (χ2n) is 12.4. The fourth-order valence-electron chi connectivity index (χ4n) is 6.24. The first kappa shape index (κ1) is 27.3. The summed E-state index contributed by atoms with van der Waals surface area (Å²) < 4.78 is 1.46. The average molecular weight is 537 g/mol. The molecule has 3 aliphatic rings. The lowest BCUT2D eigenvalue weighted by atomic mass is 9.96. The highest BCUT2D eigenvalue weighted by molar-refractivity contribution is 5.89. The number of rotatable bonds is 6. The Labute approximate surface area is 229 Å². The van der Waals surface area contributed by atoms with Crippen molar-refractivity contribution in [3.8, 4) is 5.69 Å². The molecule has 3 fully saturated rings.